The molecule has 126 valence electrons. The zero-order chi connectivity index (χ0) is 17.4. The van der Waals surface area contributed by atoms with Gasteiger partial charge in [0.1, 0.15) is 5.82 Å². The fourth-order valence-electron chi connectivity index (χ4n) is 2.15. The number of carbonyl (C=O) groups is 2. The van der Waals surface area contributed by atoms with E-state index in [0.717, 1.165) is 11.3 Å². The number of carbonyl (C=O) groups excluding carboxylic acids is 2. The number of pyridine rings is 1. The smallest absolute Gasteiger partial charge is 0.239 e. The Balaban J connectivity index is 1.71. The van der Waals surface area contributed by atoms with E-state index in [-0.39, 0.29) is 18.4 Å². The molecule has 2 aromatic rings. The lowest BCUT2D eigenvalue weighted by molar-refractivity contribution is -0.119. The van der Waals surface area contributed by atoms with Crippen molar-refractivity contribution in [3.63, 3.8) is 0 Å². The first kappa shape index (κ1) is 17.6. The number of aromatic nitrogens is 1. The Labute approximate surface area is 141 Å². The molecule has 1 aromatic heterocycles. The Bertz CT molecular complexity index is 688. The van der Waals surface area contributed by atoms with Gasteiger partial charge >= 0.3 is 0 Å². The van der Waals surface area contributed by atoms with Crippen LogP contribution < -0.4 is 10.6 Å². The summed E-state index contributed by atoms with van der Waals surface area (Å²) in [6.07, 6.45) is 1.98. The van der Waals surface area contributed by atoms with E-state index in [4.69, 9.17) is 0 Å². The van der Waals surface area contributed by atoms with Crippen LogP contribution in [0.25, 0.3) is 0 Å². The van der Waals surface area contributed by atoms with Crippen LogP contribution in [0.5, 0.6) is 0 Å². The van der Waals surface area contributed by atoms with Crippen LogP contribution in [0.15, 0.2) is 48.7 Å². The van der Waals surface area contributed by atoms with Gasteiger partial charge in [-0.2, -0.15) is 0 Å². The lowest BCUT2D eigenvalue weighted by Crippen LogP contribution is -2.32. The van der Waals surface area contributed by atoms with E-state index in [2.05, 4.69) is 15.6 Å². The van der Waals surface area contributed by atoms with Gasteiger partial charge in [-0.15, -0.1) is 0 Å². The molecule has 2 rings (SSSR count). The number of nitrogens with zero attached hydrogens (tertiary/aromatic N) is 2. The van der Waals surface area contributed by atoms with E-state index in [1.807, 2.05) is 49.4 Å². The summed E-state index contributed by atoms with van der Waals surface area (Å²) in [5.41, 5.74) is 1.81. The number of likely N-dealkylation sites (N-methyl/N-ethyl adjacent to an activating group) is 1. The largest absolute Gasteiger partial charge is 0.326 e. The van der Waals surface area contributed by atoms with E-state index in [0.29, 0.717) is 18.8 Å². The molecule has 6 nitrogen and oxygen atoms in total. The van der Waals surface area contributed by atoms with Gasteiger partial charge in [0.25, 0.3) is 0 Å². The highest BCUT2D eigenvalue weighted by Crippen LogP contribution is 2.06. The van der Waals surface area contributed by atoms with Crippen molar-refractivity contribution in [1.82, 2.24) is 9.88 Å². The first-order chi connectivity index (χ1) is 11.5. The molecular weight excluding hydrogens is 304 g/mol. The van der Waals surface area contributed by atoms with Gasteiger partial charge in [0.15, 0.2) is 0 Å². The van der Waals surface area contributed by atoms with Crippen LogP contribution >= 0.6 is 0 Å². The SMILES string of the molecule is Cc1ccnc(NC(=O)CN(C)CCC(=O)Nc2ccccc2)c1. The average molecular weight is 326 g/mol. The van der Waals surface area contributed by atoms with E-state index in [9.17, 15) is 9.59 Å². The maximum Gasteiger partial charge on any atom is 0.239 e. The zero-order valence-electron chi connectivity index (χ0n) is 14.0. The van der Waals surface area contributed by atoms with Crippen molar-refractivity contribution in [2.45, 2.75) is 13.3 Å². The molecule has 2 amide bonds. The molecule has 24 heavy (non-hydrogen) atoms. The second-order valence-corrected chi connectivity index (χ2v) is 5.67. The van der Waals surface area contributed by atoms with Crippen LogP contribution in [0.3, 0.4) is 0 Å². The number of amides is 2. The monoisotopic (exact) mass is 326 g/mol. The predicted molar refractivity (Wildman–Crippen MR) is 94.8 cm³/mol. The summed E-state index contributed by atoms with van der Waals surface area (Å²) in [7, 11) is 1.80. The van der Waals surface area contributed by atoms with Crippen molar-refractivity contribution in [3.05, 3.63) is 54.2 Å². The zero-order valence-corrected chi connectivity index (χ0v) is 14.0. The molecule has 0 bridgehead atoms. The standard InChI is InChI=1S/C18H22N4O2/c1-14-8-10-19-16(12-14)21-18(24)13-22(2)11-9-17(23)20-15-6-4-3-5-7-15/h3-8,10,12H,9,11,13H2,1-2H3,(H,20,23)(H,19,21,24). The van der Waals surface area contributed by atoms with Gasteiger partial charge in [0.2, 0.25) is 11.8 Å². The van der Waals surface area contributed by atoms with Crippen molar-refractivity contribution in [2.24, 2.45) is 0 Å². The van der Waals surface area contributed by atoms with Crippen LogP contribution in [-0.4, -0.2) is 41.8 Å². The fraction of sp³-hybridized carbons (Fsp3) is 0.278. The molecule has 0 saturated carbocycles. The predicted octanol–water partition coefficient (Wildman–Crippen LogP) is 2.29. The normalized spacial score (nSPS) is 10.5. The van der Waals surface area contributed by atoms with Crippen LogP contribution in [-0.2, 0) is 9.59 Å². The number of rotatable bonds is 7. The number of anilines is 2. The number of hydrogen-bond acceptors (Lipinski definition) is 4. The van der Waals surface area contributed by atoms with Crippen LogP contribution in [0.2, 0.25) is 0 Å². The minimum absolute atomic E-state index is 0.0752. The second kappa shape index (κ2) is 8.79. The average Bonchev–Trinajstić information content (AvgIpc) is 2.54. The molecule has 0 fully saturated rings. The molecule has 1 aromatic carbocycles. The summed E-state index contributed by atoms with van der Waals surface area (Å²) in [5.74, 6) is 0.308. The molecular formula is C18H22N4O2. The Morgan fingerprint density at radius 3 is 2.54 bits per heavy atom. The van der Waals surface area contributed by atoms with Crippen LogP contribution in [0.4, 0.5) is 11.5 Å². The number of hydrogen-bond donors (Lipinski definition) is 2. The third-order valence-corrected chi connectivity index (χ3v) is 3.37. The summed E-state index contributed by atoms with van der Waals surface area (Å²) in [4.78, 5) is 29.8. The third-order valence-electron chi connectivity index (χ3n) is 3.37. The minimum Gasteiger partial charge on any atom is -0.326 e. The van der Waals surface area contributed by atoms with Gasteiger partial charge in [0.05, 0.1) is 6.54 Å². The molecule has 0 spiro atoms. The molecule has 0 saturated heterocycles. The lowest BCUT2D eigenvalue weighted by atomic mass is 10.3. The van der Waals surface area contributed by atoms with E-state index in [1.165, 1.54) is 0 Å². The maximum absolute atomic E-state index is 12.0. The van der Waals surface area contributed by atoms with Crippen molar-refractivity contribution in [2.75, 3.05) is 30.8 Å². The maximum atomic E-state index is 12.0. The molecule has 2 N–H and O–H groups in total. The fourth-order valence-corrected chi connectivity index (χ4v) is 2.15. The lowest BCUT2D eigenvalue weighted by Gasteiger charge is -2.16. The van der Waals surface area contributed by atoms with Gasteiger partial charge in [-0.05, 0) is 43.8 Å². The van der Waals surface area contributed by atoms with Gasteiger partial charge < -0.3 is 10.6 Å². The molecule has 0 atom stereocenters. The van der Waals surface area contributed by atoms with Crippen LogP contribution in [0.1, 0.15) is 12.0 Å². The molecule has 0 aliphatic heterocycles. The summed E-state index contributed by atoms with van der Waals surface area (Å²) < 4.78 is 0. The van der Waals surface area contributed by atoms with Gasteiger partial charge in [0, 0.05) is 24.8 Å². The van der Waals surface area contributed by atoms with Gasteiger partial charge in [-0.3, -0.25) is 14.5 Å². The van der Waals surface area contributed by atoms with Crippen molar-refractivity contribution in [1.29, 1.82) is 0 Å². The first-order valence-corrected chi connectivity index (χ1v) is 7.79. The quantitative estimate of drug-likeness (QED) is 0.819. The highest BCUT2D eigenvalue weighted by atomic mass is 16.2. The second-order valence-electron chi connectivity index (χ2n) is 5.67. The first-order valence-electron chi connectivity index (χ1n) is 7.79. The van der Waals surface area contributed by atoms with Crippen molar-refractivity contribution >= 4 is 23.3 Å². The molecule has 0 aliphatic carbocycles. The number of nitrogens with one attached hydrogen (secondary N) is 2. The number of benzene rings is 1. The van der Waals surface area contributed by atoms with E-state index >= 15 is 0 Å². The minimum atomic E-state index is -0.154. The van der Waals surface area contributed by atoms with Crippen LogP contribution in [0, 0.1) is 6.92 Å². The highest BCUT2D eigenvalue weighted by molar-refractivity contribution is 5.92. The molecule has 6 heteroatoms. The molecule has 0 aliphatic rings. The Hall–Kier alpha value is -2.73. The van der Waals surface area contributed by atoms with Crippen molar-refractivity contribution < 1.29 is 9.59 Å². The number of para-hydroxylation sites is 1. The third kappa shape index (κ3) is 6.18. The molecule has 0 unspecified atom stereocenters. The molecule has 1 heterocycles. The number of aryl methyl sites for hydroxylation is 1. The summed E-state index contributed by atoms with van der Waals surface area (Å²) in [5, 5.41) is 5.57. The Morgan fingerprint density at radius 2 is 1.83 bits per heavy atom. The topological polar surface area (TPSA) is 74.3 Å². The van der Waals surface area contributed by atoms with Gasteiger partial charge in [-0.25, -0.2) is 4.98 Å². The van der Waals surface area contributed by atoms with E-state index < -0.39 is 0 Å². The van der Waals surface area contributed by atoms with Crippen molar-refractivity contribution in [3.8, 4) is 0 Å². The summed E-state index contributed by atoms with van der Waals surface area (Å²) in [6.45, 7) is 2.64. The molecule has 0 radical (unpaired) electrons. The summed E-state index contributed by atoms with van der Waals surface area (Å²) >= 11 is 0. The highest BCUT2D eigenvalue weighted by Gasteiger charge is 2.10. The van der Waals surface area contributed by atoms with Gasteiger partial charge in [-0.1, -0.05) is 18.2 Å². The summed E-state index contributed by atoms with van der Waals surface area (Å²) in [6, 6.07) is 13.0. The van der Waals surface area contributed by atoms with E-state index in [1.54, 1.807) is 18.1 Å². The Kier molecular flexibility index (Phi) is 6.45. The Morgan fingerprint density at radius 1 is 1.08 bits per heavy atom.